The summed E-state index contributed by atoms with van der Waals surface area (Å²) in [5.74, 6) is 0. The monoisotopic (exact) mass is 232 g/mol. The Morgan fingerprint density at radius 2 is 1.93 bits per heavy atom. The average molecular weight is 232 g/mol. The first-order valence-corrected chi connectivity index (χ1v) is 5.28. The van der Waals surface area contributed by atoms with Gasteiger partial charge in [-0.25, -0.2) is 10.1 Å². The van der Waals surface area contributed by atoms with Gasteiger partial charge in [0.1, 0.15) is 0 Å². The van der Waals surface area contributed by atoms with Crippen molar-refractivity contribution in [3.05, 3.63) is 46.0 Å². The average Bonchev–Trinajstić information content (AvgIpc) is 2.19. The van der Waals surface area contributed by atoms with Gasteiger partial charge in [-0.15, -0.1) is 8.42 Å². The summed E-state index contributed by atoms with van der Waals surface area (Å²) < 4.78 is 19.7. The minimum absolute atomic E-state index is 0.0755. The van der Waals surface area contributed by atoms with Crippen molar-refractivity contribution in [2.45, 2.75) is 6.61 Å². The van der Waals surface area contributed by atoms with Crippen LogP contribution in [0.25, 0.3) is 0 Å². The predicted molar refractivity (Wildman–Crippen MR) is 50.3 cm³/mol. The molecule has 15 heavy (non-hydrogen) atoms. The Balaban J connectivity index is 2.44. The molecule has 0 bridgehead atoms. The Morgan fingerprint density at radius 3 is 2.47 bits per heavy atom. The molecule has 0 spiro atoms. The lowest BCUT2D eigenvalue weighted by Gasteiger charge is -2.01. The number of hydrogen-bond donors (Lipinski definition) is 1. The largest absolute Gasteiger partial charge is 0.518 e. The Kier molecular flexibility index (Phi) is 3.72. The van der Waals surface area contributed by atoms with Gasteiger partial charge >= 0.3 is 10.2 Å². The van der Waals surface area contributed by atoms with Crippen LogP contribution in [0, 0.1) is 10.1 Å². The van der Waals surface area contributed by atoms with Crippen LogP contribution in [0.15, 0.2) is 30.3 Å². The molecule has 0 radical (unpaired) electrons. The summed E-state index contributed by atoms with van der Waals surface area (Å²) in [5.41, 5.74) is 0.698. The van der Waals surface area contributed by atoms with Gasteiger partial charge in [-0.1, -0.05) is 30.3 Å². The summed E-state index contributed by atoms with van der Waals surface area (Å²) in [6.07, 6.45) is 0. The Hall–Kier alpha value is -1.51. The van der Waals surface area contributed by atoms with E-state index < -0.39 is 14.5 Å². The third-order valence-electron chi connectivity index (χ3n) is 1.44. The molecule has 1 N–H and O–H groups in total. The van der Waals surface area contributed by atoms with Gasteiger partial charge in [0.15, 0.2) is 4.33 Å². The number of nitro groups is 1. The molecule has 7 nitrogen and oxygen atoms in total. The van der Waals surface area contributed by atoms with Crippen LogP contribution in [0.4, 0.5) is 0 Å². The van der Waals surface area contributed by atoms with E-state index in [1.165, 1.54) is 4.89 Å². The normalized spacial score (nSPS) is 11.2. The molecule has 0 fully saturated rings. The Morgan fingerprint density at radius 1 is 1.33 bits per heavy atom. The highest BCUT2D eigenvalue weighted by molar-refractivity contribution is 7.83. The molecule has 0 saturated carbocycles. The van der Waals surface area contributed by atoms with Crippen molar-refractivity contribution in [2.24, 2.45) is 0 Å². The molecule has 0 aliphatic carbocycles. The fourth-order valence-electron chi connectivity index (χ4n) is 0.792. The van der Waals surface area contributed by atoms with E-state index in [4.69, 9.17) is 0 Å². The van der Waals surface area contributed by atoms with Crippen LogP contribution < -0.4 is 4.89 Å². The number of nitrogens with one attached hydrogen (secondary N) is 1. The van der Waals surface area contributed by atoms with Crippen LogP contribution in [0.1, 0.15) is 5.56 Å². The molecule has 1 aromatic rings. The van der Waals surface area contributed by atoms with Crippen molar-refractivity contribution in [1.29, 1.82) is 0 Å². The highest BCUT2D eigenvalue weighted by Gasteiger charge is 2.23. The third-order valence-corrected chi connectivity index (χ3v) is 2.16. The van der Waals surface area contributed by atoms with Crippen molar-refractivity contribution in [3.63, 3.8) is 0 Å². The number of rotatable bonds is 5. The van der Waals surface area contributed by atoms with Gasteiger partial charge in [0.2, 0.25) is 0 Å². The summed E-state index contributed by atoms with van der Waals surface area (Å²) in [7, 11) is -4.62. The Bertz CT molecular complexity index is 430. The van der Waals surface area contributed by atoms with E-state index in [0.29, 0.717) is 5.56 Å². The lowest BCUT2D eigenvalue weighted by molar-refractivity contribution is -0.311. The van der Waals surface area contributed by atoms with Crippen LogP contribution >= 0.6 is 0 Å². The SMILES string of the molecule is O=[N+]([O-])S(=O)(=O)NOCc1ccccc1. The Labute approximate surface area is 86.0 Å². The standard InChI is InChI=1S/C7H8N2O5S/c10-9(11)15(12,13)8-14-6-7-4-2-1-3-5-7/h1-5,8H,6H2. The number of nitrogens with zero attached hydrogens (tertiary/aromatic N) is 1. The zero-order valence-electron chi connectivity index (χ0n) is 7.49. The van der Waals surface area contributed by atoms with E-state index in [0.717, 1.165) is 0 Å². The lowest BCUT2D eigenvalue weighted by atomic mass is 10.2. The van der Waals surface area contributed by atoms with Crippen molar-refractivity contribution in [3.8, 4) is 0 Å². The molecular weight excluding hydrogens is 224 g/mol. The maximum absolute atomic E-state index is 10.6. The minimum atomic E-state index is -4.62. The summed E-state index contributed by atoms with van der Waals surface area (Å²) in [6, 6.07) is 8.65. The molecule has 0 unspecified atom stereocenters. The fraction of sp³-hybridized carbons (Fsp3) is 0.143. The predicted octanol–water partition coefficient (Wildman–Crippen LogP) is 0.229. The molecule has 1 aromatic carbocycles. The van der Waals surface area contributed by atoms with E-state index >= 15 is 0 Å². The van der Waals surface area contributed by atoms with Crippen molar-refractivity contribution < 1.29 is 17.6 Å². The molecule has 8 heteroatoms. The minimum Gasteiger partial charge on any atom is -0.277 e. The molecule has 0 heterocycles. The summed E-state index contributed by atoms with van der Waals surface area (Å²) >= 11 is 0. The summed E-state index contributed by atoms with van der Waals surface area (Å²) in [6.45, 7) is -0.0755. The molecule has 82 valence electrons. The zero-order valence-corrected chi connectivity index (χ0v) is 8.31. The molecule has 0 atom stereocenters. The molecule has 1 rings (SSSR count). The van der Waals surface area contributed by atoms with Crippen molar-refractivity contribution >= 4 is 10.2 Å². The highest BCUT2D eigenvalue weighted by Crippen LogP contribution is 1.99. The van der Waals surface area contributed by atoms with Gasteiger partial charge in [0, 0.05) is 0 Å². The van der Waals surface area contributed by atoms with E-state index in [1.807, 2.05) is 0 Å². The van der Waals surface area contributed by atoms with E-state index in [2.05, 4.69) is 4.84 Å². The van der Waals surface area contributed by atoms with Gasteiger partial charge in [-0.2, -0.15) is 0 Å². The van der Waals surface area contributed by atoms with Gasteiger partial charge in [0.25, 0.3) is 0 Å². The maximum atomic E-state index is 10.6. The van der Waals surface area contributed by atoms with Crippen LogP contribution in [0.3, 0.4) is 0 Å². The smallest absolute Gasteiger partial charge is 0.277 e. The fourth-order valence-corrected chi connectivity index (χ4v) is 1.06. The highest BCUT2D eigenvalue weighted by atomic mass is 32.2. The maximum Gasteiger partial charge on any atom is 0.518 e. The van der Waals surface area contributed by atoms with E-state index in [-0.39, 0.29) is 6.61 Å². The first-order valence-electron chi connectivity index (χ1n) is 3.84. The first-order chi connectivity index (χ1) is 7.02. The number of hydrogen-bond acceptors (Lipinski definition) is 5. The molecule has 0 aliphatic rings. The molecule has 0 saturated heterocycles. The topological polar surface area (TPSA) is 98.5 Å². The number of benzene rings is 1. The van der Waals surface area contributed by atoms with Gasteiger partial charge in [0.05, 0.1) is 6.61 Å². The second-order valence-electron chi connectivity index (χ2n) is 2.56. The molecule has 0 amide bonds. The van der Waals surface area contributed by atoms with Gasteiger partial charge in [-0.05, 0) is 10.4 Å². The van der Waals surface area contributed by atoms with Crippen molar-refractivity contribution in [2.75, 3.05) is 0 Å². The van der Waals surface area contributed by atoms with E-state index in [9.17, 15) is 18.5 Å². The second kappa shape index (κ2) is 4.82. The molecule has 0 aromatic heterocycles. The summed E-state index contributed by atoms with van der Waals surface area (Å²) in [4.78, 5) is 15.8. The summed E-state index contributed by atoms with van der Waals surface area (Å²) in [5, 5.41) is 9.94. The first kappa shape index (κ1) is 11.6. The van der Waals surface area contributed by atoms with Gasteiger partial charge < -0.3 is 0 Å². The molecule has 0 aliphatic heterocycles. The molecular formula is C7H8N2O5S. The van der Waals surface area contributed by atoms with Crippen molar-refractivity contribution in [1.82, 2.24) is 4.89 Å². The van der Waals surface area contributed by atoms with E-state index in [1.54, 1.807) is 30.3 Å². The quantitative estimate of drug-likeness (QED) is 0.578. The lowest BCUT2D eigenvalue weighted by Crippen LogP contribution is -2.30. The zero-order chi connectivity index (χ0) is 11.3. The second-order valence-corrected chi connectivity index (χ2v) is 3.97. The van der Waals surface area contributed by atoms with Crippen LogP contribution in [0.2, 0.25) is 0 Å². The van der Waals surface area contributed by atoms with Crippen LogP contribution in [0.5, 0.6) is 0 Å². The van der Waals surface area contributed by atoms with Gasteiger partial charge in [-0.3, -0.25) is 4.84 Å². The van der Waals surface area contributed by atoms with Crippen LogP contribution in [-0.2, 0) is 21.7 Å². The van der Waals surface area contributed by atoms with Crippen LogP contribution in [-0.4, -0.2) is 12.7 Å². The third kappa shape index (κ3) is 3.62.